The molecule has 1 atom stereocenters. The summed E-state index contributed by atoms with van der Waals surface area (Å²) in [7, 11) is 0. The van der Waals surface area contributed by atoms with Crippen LogP contribution in [0.1, 0.15) is 90.4 Å². The highest BCUT2D eigenvalue weighted by atomic mass is 16.2. The summed E-state index contributed by atoms with van der Waals surface area (Å²) in [5.74, 6) is 4.50. The van der Waals surface area contributed by atoms with Crippen LogP contribution in [-0.2, 0) is 9.59 Å². The first-order chi connectivity index (χ1) is 14.0. The number of nitrogens with zero attached hydrogens (tertiary/aromatic N) is 1. The number of amides is 2. The van der Waals surface area contributed by atoms with Gasteiger partial charge in [0.2, 0.25) is 11.8 Å². The third kappa shape index (κ3) is 4.10. The minimum atomic E-state index is -0.0756. The van der Waals surface area contributed by atoms with Gasteiger partial charge in [-0.25, -0.2) is 0 Å². The predicted octanol–water partition coefficient (Wildman–Crippen LogP) is 4.53. The molecular formula is C25H40N2O2. The number of carbonyl (C=O) groups excluding carboxylic acids is 2. The van der Waals surface area contributed by atoms with Crippen molar-refractivity contribution in [2.45, 2.75) is 96.4 Å². The monoisotopic (exact) mass is 400 g/mol. The van der Waals surface area contributed by atoms with E-state index in [2.05, 4.69) is 17.1 Å². The molecule has 0 aromatic carbocycles. The van der Waals surface area contributed by atoms with Crippen molar-refractivity contribution >= 4 is 11.8 Å². The van der Waals surface area contributed by atoms with E-state index in [1.165, 1.54) is 51.4 Å². The quantitative estimate of drug-likeness (QED) is 0.737. The van der Waals surface area contributed by atoms with E-state index >= 15 is 0 Å². The van der Waals surface area contributed by atoms with Gasteiger partial charge in [-0.15, -0.1) is 0 Å². The van der Waals surface area contributed by atoms with Crippen molar-refractivity contribution in [1.82, 2.24) is 10.2 Å². The zero-order valence-corrected chi connectivity index (χ0v) is 18.3. The molecule has 5 saturated carbocycles. The molecule has 1 saturated heterocycles. The summed E-state index contributed by atoms with van der Waals surface area (Å²) < 4.78 is 0. The molecule has 4 heteroatoms. The number of hydrogen-bond donors (Lipinski definition) is 1. The first-order valence-electron chi connectivity index (χ1n) is 12.6. The van der Waals surface area contributed by atoms with E-state index in [-0.39, 0.29) is 11.3 Å². The van der Waals surface area contributed by atoms with Gasteiger partial charge in [0, 0.05) is 32.0 Å². The second-order valence-electron chi connectivity index (χ2n) is 11.7. The topological polar surface area (TPSA) is 49.4 Å². The Balaban J connectivity index is 1.20. The lowest BCUT2D eigenvalue weighted by Crippen LogP contribution is -2.56. The minimum absolute atomic E-state index is 0.0756. The van der Waals surface area contributed by atoms with E-state index in [1.54, 1.807) is 0 Å². The van der Waals surface area contributed by atoms with Gasteiger partial charge in [-0.05, 0) is 92.8 Å². The van der Waals surface area contributed by atoms with Gasteiger partial charge in [-0.3, -0.25) is 9.59 Å². The molecule has 6 rings (SSSR count). The van der Waals surface area contributed by atoms with E-state index in [9.17, 15) is 9.59 Å². The number of carbonyl (C=O) groups is 2. The van der Waals surface area contributed by atoms with Crippen molar-refractivity contribution in [3.8, 4) is 0 Å². The Morgan fingerprint density at radius 1 is 0.931 bits per heavy atom. The highest BCUT2D eigenvalue weighted by molar-refractivity contribution is 5.81. The summed E-state index contributed by atoms with van der Waals surface area (Å²) in [6.45, 7) is 4.08. The maximum Gasteiger partial charge on any atom is 0.223 e. The Kier molecular flexibility index (Phi) is 5.41. The zero-order chi connectivity index (χ0) is 20.0. The molecule has 0 aromatic heterocycles. The first kappa shape index (κ1) is 19.9. The summed E-state index contributed by atoms with van der Waals surface area (Å²) in [5.41, 5.74) is -0.0756. The van der Waals surface area contributed by atoms with Crippen molar-refractivity contribution in [1.29, 1.82) is 0 Å². The van der Waals surface area contributed by atoms with Crippen LogP contribution in [0, 0.1) is 35.0 Å². The predicted molar refractivity (Wildman–Crippen MR) is 114 cm³/mol. The normalized spacial score (nSPS) is 40.2. The Morgan fingerprint density at radius 2 is 1.59 bits per heavy atom. The molecular weight excluding hydrogens is 360 g/mol. The molecule has 4 bridgehead atoms. The Hall–Kier alpha value is -1.06. The lowest BCUT2D eigenvalue weighted by atomic mass is 9.54. The molecule has 6 fully saturated rings. The standard InChI is InChI=1S/C25H40N2O2/c1-17-5-4-8-27(16-17)23(29)15-25(6-2-3-7-25)14-22(28)26-24-20-10-18-9-19(12-20)13-21(24)11-18/h17-21,24H,2-16H2,1H3,(H,26,28). The van der Waals surface area contributed by atoms with Gasteiger partial charge in [0.05, 0.1) is 0 Å². The number of piperidine rings is 1. The second-order valence-corrected chi connectivity index (χ2v) is 11.7. The van der Waals surface area contributed by atoms with E-state index in [0.717, 1.165) is 56.0 Å². The average Bonchev–Trinajstić information content (AvgIpc) is 3.12. The largest absolute Gasteiger partial charge is 0.353 e. The highest BCUT2D eigenvalue weighted by Gasteiger charge is 2.49. The molecule has 0 spiro atoms. The van der Waals surface area contributed by atoms with Crippen LogP contribution in [0.4, 0.5) is 0 Å². The fraction of sp³-hybridized carbons (Fsp3) is 0.920. The lowest BCUT2D eigenvalue weighted by molar-refractivity contribution is -0.136. The van der Waals surface area contributed by atoms with Crippen LogP contribution in [0.5, 0.6) is 0 Å². The third-order valence-electron chi connectivity index (χ3n) is 9.29. The van der Waals surface area contributed by atoms with Gasteiger partial charge in [0.1, 0.15) is 0 Å². The molecule has 162 valence electrons. The van der Waals surface area contributed by atoms with Gasteiger partial charge < -0.3 is 10.2 Å². The van der Waals surface area contributed by atoms with Crippen molar-refractivity contribution in [3.05, 3.63) is 0 Å². The first-order valence-corrected chi connectivity index (χ1v) is 12.6. The van der Waals surface area contributed by atoms with Crippen molar-refractivity contribution in [3.63, 3.8) is 0 Å². The molecule has 4 nitrogen and oxygen atoms in total. The maximum atomic E-state index is 13.2. The summed E-state index contributed by atoms with van der Waals surface area (Å²) in [6, 6.07) is 0.424. The molecule has 6 aliphatic rings. The molecule has 1 N–H and O–H groups in total. The molecule has 0 aromatic rings. The smallest absolute Gasteiger partial charge is 0.223 e. The maximum absolute atomic E-state index is 13.2. The highest BCUT2D eigenvalue weighted by Crippen LogP contribution is 2.54. The van der Waals surface area contributed by atoms with E-state index in [4.69, 9.17) is 0 Å². The minimum Gasteiger partial charge on any atom is -0.353 e. The summed E-state index contributed by atoms with van der Waals surface area (Å²) in [6.07, 6.45) is 14.8. The Morgan fingerprint density at radius 3 is 2.21 bits per heavy atom. The molecule has 1 heterocycles. The van der Waals surface area contributed by atoms with Crippen LogP contribution < -0.4 is 5.32 Å². The zero-order valence-electron chi connectivity index (χ0n) is 18.3. The van der Waals surface area contributed by atoms with Gasteiger partial charge in [-0.1, -0.05) is 19.8 Å². The molecule has 1 aliphatic heterocycles. The van der Waals surface area contributed by atoms with Gasteiger partial charge >= 0.3 is 0 Å². The second kappa shape index (κ2) is 7.89. The summed E-state index contributed by atoms with van der Waals surface area (Å²) in [5, 5.41) is 3.51. The van der Waals surface area contributed by atoms with Gasteiger partial charge in [0.25, 0.3) is 0 Å². The SMILES string of the molecule is CC1CCCN(C(=O)CC2(CC(=O)NC3C4CC5CC(C4)CC3C5)CCCC2)C1. The van der Waals surface area contributed by atoms with E-state index in [1.807, 2.05) is 0 Å². The van der Waals surface area contributed by atoms with Crippen LogP contribution in [0.2, 0.25) is 0 Å². The summed E-state index contributed by atoms with van der Waals surface area (Å²) >= 11 is 0. The van der Waals surface area contributed by atoms with E-state index in [0.29, 0.717) is 30.7 Å². The summed E-state index contributed by atoms with van der Waals surface area (Å²) in [4.78, 5) is 28.3. The number of hydrogen-bond acceptors (Lipinski definition) is 2. The molecule has 0 radical (unpaired) electrons. The van der Waals surface area contributed by atoms with Crippen molar-refractivity contribution < 1.29 is 9.59 Å². The van der Waals surface area contributed by atoms with Crippen LogP contribution in [0.25, 0.3) is 0 Å². The lowest BCUT2D eigenvalue weighted by Gasteiger charge is -2.54. The van der Waals surface area contributed by atoms with Gasteiger partial charge in [-0.2, -0.15) is 0 Å². The molecule has 29 heavy (non-hydrogen) atoms. The average molecular weight is 401 g/mol. The fourth-order valence-corrected chi connectivity index (χ4v) is 8.13. The number of rotatable bonds is 5. The van der Waals surface area contributed by atoms with Crippen LogP contribution in [0.15, 0.2) is 0 Å². The van der Waals surface area contributed by atoms with E-state index < -0.39 is 0 Å². The number of nitrogens with one attached hydrogen (secondary N) is 1. The fourth-order valence-electron chi connectivity index (χ4n) is 8.13. The van der Waals surface area contributed by atoms with Crippen LogP contribution in [-0.4, -0.2) is 35.8 Å². The van der Waals surface area contributed by atoms with Gasteiger partial charge in [0.15, 0.2) is 0 Å². The van der Waals surface area contributed by atoms with Crippen LogP contribution in [0.3, 0.4) is 0 Å². The molecule has 5 aliphatic carbocycles. The Labute approximate surface area is 176 Å². The number of likely N-dealkylation sites (tertiary alicyclic amines) is 1. The Bertz CT molecular complexity index is 611. The van der Waals surface area contributed by atoms with Crippen LogP contribution >= 0.6 is 0 Å². The third-order valence-corrected chi connectivity index (χ3v) is 9.29. The molecule has 2 amide bonds. The van der Waals surface area contributed by atoms with Crippen molar-refractivity contribution in [2.24, 2.45) is 35.0 Å². The van der Waals surface area contributed by atoms with Crippen molar-refractivity contribution in [2.75, 3.05) is 13.1 Å². The molecule has 1 unspecified atom stereocenters.